The molecule has 0 atom stereocenters. The van der Waals surface area contributed by atoms with E-state index in [1.165, 1.54) is 12.1 Å². The summed E-state index contributed by atoms with van der Waals surface area (Å²) in [5.41, 5.74) is 2.15. The van der Waals surface area contributed by atoms with Crippen LogP contribution in [0.4, 0.5) is 10.1 Å². The lowest BCUT2D eigenvalue weighted by Gasteiger charge is -2.16. The third-order valence-electron chi connectivity index (χ3n) is 3.31. The van der Waals surface area contributed by atoms with Crippen molar-refractivity contribution in [3.05, 3.63) is 64.4 Å². The second-order valence-electron chi connectivity index (χ2n) is 5.45. The molecule has 0 saturated heterocycles. The van der Waals surface area contributed by atoms with E-state index >= 15 is 0 Å². The van der Waals surface area contributed by atoms with Crippen molar-refractivity contribution in [1.82, 2.24) is 0 Å². The fourth-order valence-corrected chi connectivity index (χ4v) is 2.23. The Bertz CT molecular complexity index is 652. The van der Waals surface area contributed by atoms with Crippen LogP contribution < -0.4 is 5.32 Å². The van der Waals surface area contributed by atoms with E-state index in [-0.39, 0.29) is 5.82 Å². The van der Waals surface area contributed by atoms with E-state index in [4.69, 9.17) is 16.9 Å². The molecule has 21 heavy (non-hydrogen) atoms. The van der Waals surface area contributed by atoms with Crippen molar-refractivity contribution in [3.8, 4) is 6.07 Å². The molecule has 4 heteroatoms. The molecule has 2 rings (SSSR count). The zero-order valence-corrected chi connectivity index (χ0v) is 12.7. The number of hydrogen-bond donors (Lipinski definition) is 1. The van der Waals surface area contributed by atoms with E-state index in [9.17, 15) is 4.39 Å². The van der Waals surface area contributed by atoms with Gasteiger partial charge in [0, 0.05) is 17.3 Å². The molecule has 0 spiro atoms. The Morgan fingerprint density at radius 2 is 1.86 bits per heavy atom. The Hall–Kier alpha value is -2.05. The lowest BCUT2D eigenvalue weighted by Crippen LogP contribution is -2.13. The molecule has 0 amide bonds. The highest BCUT2D eigenvalue weighted by molar-refractivity contribution is 6.30. The molecule has 2 aromatic rings. The normalized spacial score (nSPS) is 11.0. The number of nitriles is 1. The first kappa shape index (κ1) is 15.3. The van der Waals surface area contributed by atoms with Gasteiger partial charge < -0.3 is 5.32 Å². The molecule has 0 aliphatic rings. The van der Waals surface area contributed by atoms with Crippen LogP contribution in [0.2, 0.25) is 5.02 Å². The van der Waals surface area contributed by atoms with Gasteiger partial charge in [-0.25, -0.2) is 4.39 Å². The predicted molar refractivity (Wildman–Crippen MR) is 83.8 cm³/mol. The maximum absolute atomic E-state index is 13.2. The van der Waals surface area contributed by atoms with E-state index in [1.807, 2.05) is 38.1 Å². The van der Waals surface area contributed by atoms with Crippen LogP contribution in [-0.2, 0) is 12.0 Å². The Morgan fingerprint density at radius 3 is 2.43 bits per heavy atom. The van der Waals surface area contributed by atoms with Crippen molar-refractivity contribution in [1.29, 1.82) is 5.26 Å². The summed E-state index contributed by atoms with van der Waals surface area (Å²) in [5.74, 6) is -0.342. The Labute approximate surface area is 129 Å². The highest BCUT2D eigenvalue weighted by Gasteiger charge is 2.18. The topological polar surface area (TPSA) is 35.8 Å². The van der Waals surface area contributed by atoms with E-state index in [0.29, 0.717) is 11.6 Å². The molecule has 108 valence electrons. The Kier molecular flexibility index (Phi) is 4.50. The smallest absolute Gasteiger partial charge is 0.125 e. The van der Waals surface area contributed by atoms with Crippen molar-refractivity contribution in [3.63, 3.8) is 0 Å². The average Bonchev–Trinajstić information content (AvgIpc) is 2.44. The van der Waals surface area contributed by atoms with Crippen LogP contribution in [0.5, 0.6) is 0 Å². The zero-order chi connectivity index (χ0) is 15.5. The number of nitrogens with one attached hydrogen (secondary N) is 1. The lowest BCUT2D eigenvalue weighted by atomic mass is 9.86. The maximum Gasteiger partial charge on any atom is 0.125 e. The van der Waals surface area contributed by atoms with Gasteiger partial charge in [0.05, 0.1) is 11.5 Å². The molecular weight excluding hydrogens is 287 g/mol. The molecule has 0 heterocycles. The fraction of sp³-hybridized carbons (Fsp3) is 0.235. The van der Waals surface area contributed by atoms with Gasteiger partial charge in [0.25, 0.3) is 0 Å². The van der Waals surface area contributed by atoms with Crippen LogP contribution in [0.15, 0.2) is 42.5 Å². The second kappa shape index (κ2) is 6.15. The summed E-state index contributed by atoms with van der Waals surface area (Å²) >= 11 is 5.82. The molecule has 0 unspecified atom stereocenters. The van der Waals surface area contributed by atoms with E-state index in [2.05, 4.69) is 11.4 Å². The van der Waals surface area contributed by atoms with Gasteiger partial charge in [-0.05, 0) is 55.3 Å². The van der Waals surface area contributed by atoms with Gasteiger partial charge in [-0.3, -0.25) is 0 Å². The zero-order valence-electron chi connectivity index (χ0n) is 12.0. The standard InChI is InChI=1S/C17H16ClFN2/c1-17(2,11-20)13-3-5-16(6-4-13)21-10-12-7-14(18)9-15(19)8-12/h3-9,21H,10H2,1-2H3. The Morgan fingerprint density at radius 1 is 1.19 bits per heavy atom. The molecule has 0 bridgehead atoms. The van der Waals surface area contributed by atoms with Gasteiger partial charge >= 0.3 is 0 Å². The van der Waals surface area contributed by atoms with Crippen LogP contribution in [0, 0.1) is 17.1 Å². The monoisotopic (exact) mass is 302 g/mol. The molecule has 1 N–H and O–H groups in total. The van der Waals surface area contributed by atoms with Crippen molar-refractivity contribution in [2.45, 2.75) is 25.8 Å². The molecule has 0 aliphatic heterocycles. The van der Waals surface area contributed by atoms with Gasteiger partial charge in [-0.1, -0.05) is 23.7 Å². The number of rotatable bonds is 4. The molecule has 2 nitrogen and oxygen atoms in total. The lowest BCUT2D eigenvalue weighted by molar-refractivity contribution is 0.626. The molecular formula is C17H16ClFN2. The van der Waals surface area contributed by atoms with E-state index in [0.717, 1.165) is 16.8 Å². The minimum Gasteiger partial charge on any atom is -0.381 e. The highest BCUT2D eigenvalue weighted by atomic mass is 35.5. The largest absolute Gasteiger partial charge is 0.381 e. The summed E-state index contributed by atoms with van der Waals surface area (Å²) in [4.78, 5) is 0. The third kappa shape index (κ3) is 3.96. The van der Waals surface area contributed by atoms with Crippen molar-refractivity contribution < 1.29 is 4.39 Å². The van der Waals surface area contributed by atoms with Crippen LogP contribution in [-0.4, -0.2) is 0 Å². The van der Waals surface area contributed by atoms with Crippen LogP contribution in [0.1, 0.15) is 25.0 Å². The number of halogens is 2. The van der Waals surface area contributed by atoms with Gasteiger partial charge in [0.1, 0.15) is 5.82 Å². The molecule has 2 aromatic carbocycles. The summed E-state index contributed by atoms with van der Waals surface area (Å²) in [6.07, 6.45) is 0. The predicted octanol–water partition coefficient (Wildman–Crippen LogP) is 4.89. The molecule has 0 aromatic heterocycles. The van der Waals surface area contributed by atoms with Crippen molar-refractivity contribution in [2.75, 3.05) is 5.32 Å². The first-order chi connectivity index (χ1) is 9.90. The minimum absolute atomic E-state index is 0.342. The first-order valence-electron chi connectivity index (χ1n) is 6.61. The summed E-state index contributed by atoms with van der Waals surface area (Å²) in [7, 11) is 0. The van der Waals surface area contributed by atoms with Gasteiger partial charge in [0.2, 0.25) is 0 Å². The number of anilines is 1. The second-order valence-corrected chi connectivity index (χ2v) is 5.88. The number of hydrogen-bond acceptors (Lipinski definition) is 2. The molecule has 0 aliphatic carbocycles. The number of benzene rings is 2. The van der Waals surface area contributed by atoms with Crippen LogP contribution in [0.25, 0.3) is 0 Å². The third-order valence-corrected chi connectivity index (χ3v) is 3.52. The SMILES string of the molecule is CC(C)(C#N)c1ccc(NCc2cc(F)cc(Cl)c2)cc1. The summed E-state index contributed by atoms with van der Waals surface area (Å²) in [5, 5.41) is 12.7. The Balaban J connectivity index is 2.06. The molecule has 0 saturated carbocycles. The quantitative estimate of drug-likeness (QED) is 0.872. The fourth-order valence-electron chi connectivity index (χ4n) is 1.99. The summed E-state index contributed by atoms with van der Waals surface area (Å²) in [6.45, 7) is 4.24. The number of nitrogens with zero attached hydrogens (tertiary/aromatic N) is 1. The molecule has 0 fully saturated rings. The van der Waals surface area contributed by atoms with E-state index in [1.54, 1.807) is 6.07 Å². The van der Waals surface area contributed by atoms with Gasteiger partial charge in [-0.2, -0.15) is 5.26 Å². The van der Waals surface area contributed by atoms with Crippen LogP contribution >= 0.6 is 11.6 Å². The summed E-state index contributed by atoms with van der Waals surface area (Å²) < 4.78 is 13.2. The maximum atomic E-state index is 13.2. The van der Waals surface area contributed by atoms with Crippen LogP contribution in [0.3, 0.4) is 0 Å². The van der Waals surface area contributed by atoms with Crippen molar-refractivity contribution >= 4 is 17.3 Å². The average molecular weight is 303 g/mol. The van der Waals surface area contributed by atoms with Gasteiger partial charge in [-0.15, -0.1) is 0 Å². The van der Waals surface area contributed by atoms with Crippen molar-refractivity contribution in [2.24, 2.45) is 0 Å². The van der Waals surface area contributed by atoms with E-state index < -0.39 is 5.41 Å². The summed E-state index contributed by atoms with van der Waals surface area (Å²) in [6, 6.07) is 14.4. The van der Waals surface area contributed by atoms with Gasteiger partial charge in [0.15, 0.2) is 0 Å². The molecule has 0 radical (unpaired) electrons. The first-order valence-corrected chi connectivity index (χ1v) is 6.99. The minimum atomic E-state index is -0.505. The highest BCUT2D eigenvalue weighted by Crippen LogP contribution is 2.24.